The van der Waals surface area contributed by atoms with Crippen molar-refractivity contribution in [1.29, 1.82) is 0 Å². The standard InChI is InChI=1S/C22H17ClN4O3S/c23-17-7-5-8-18(15-17)26-31(29,30)20-11-4-6-16(14-20)22(28)24-21-12-13-27(25-21)19-9-2-1-3-10-19/h1-15,26H,(H,24,25,28). The Morgan fingerprint density at radius 2 is 1.68 bits per heavy atom. The SMILES string of the molecule is O=C(Nc1ccn(-c2ccccc2)n1)c1cccc(S(=O)(=O)Nc2cccc(Cl)c2)c1. The molecule has 1 heterocycles. The summed E-state index contributed by atoms with van der Waals surface area (Å²) < 4.78 is 29.5. The number of hydrogen-bond acceptors (Lipinski definition) is 4. The summed E-state index contributed by atoms with van der Waals surface area (Å²) in [5.74, 6) is -0.128. The Labute approximate surface area is 184 Å². The Kier molecular flexibility index (Phi) is 5.75. The molecule has 9 heteroatoms. The summed E-state index contributed by atoms with van der Waals surface area (Å²) >= 11 is 5.91. The average Bonchev–Trinajstić information content (AvgIpc) is 3.23. The fourth-order valence-electron chi connectivity index (χ4n) is 2.87. The van der Waals surface area contributed by atoms with Crippen LogP contribution in [0.25, 0.3) is 5.69 Å². The molecule has 4 rings (SSSR count). The van der Waals surface area contributed by atoms with E-state index in [-0.39, 0.29) is 10.5 Å². The van der Waals surface area contributed by atoms with Crippen molar-refractivity contribution in [2.75, 3.05) is 10.0 Å². The minimum atomic E-state index is -3.90. The zero-order valence-electron chi connectivity index (χ0n) is 16.1. The van der Waals surface area contributed by atoms with Crippen LogP contribution in [-0.2, 0) is 10.0 Å². The van der Waals surface area contributed by atoms with Crippen molar-refractivity contribution in [2.45, 2.75) is 4.90 Å². The molecule has 0 spiro atoms. The van der Waals surface area contributed by atoms with Crippen molar-refractivity contribution >= 4 is 39.0 Å². The third-order valence-electron chi connectivity index (χ3n) is 4.33. The van der Waals surface area contributed by atoms with E-state index in [9.17, 15) is 13.2 Å². The smallest absolute Gasteiger partial charge is 0.261 e. The van der Waals surface area contributed by atoms with E-state index in [1.54, 1.807) is 35.1 Å². The number of halogens is 1. The molecule has 0 aliphatic carbocycles. The van der Waals surface area contributed by atoms with Crippen LogP contribution in [0.1, 0.15) is 10.4 Å². The highest BCUT2D eigenvalue weighted by Crippen LogP contribution is 2.20. The molecule has 7 nitrogen and oxygen atoms in total. The van der Waals surface area contributed by atoms with Crippen LogP contribution < -0.4 is 10.0 Å². The van der Waals surface area contributed by atoms with Gasteiger partial charge in [0, 0.05) is 22.8 Å². The van der Waals surface area contributed by atoms with Gasteiger partial charge in [0.25, 0.3) is 15.9 Å². The van der Waals surface area contributed by atoms with Crippen LogP contribution in [0.3, 0.4) is 0 Å². The van der Waals surface area contributed by atoms with Crippen molar-refractivity contribution in [3.63, 3.8) is 0 Å². The largest absolute Gasteiger partial charge is 0.305 e. The summed E-state index contributed by atoms with van der Waals surface area (Å²) in [6.45, 7) is 0. The predicted octanol–water partition coefficient (Wildman–Crippen LogP) is 4.58. The van der Waals surface area contributed by atoms with Gasteiger partial charge in [-0.15, -0.1) is 0 Å². The summed E-state index contributed by atoms with van der Waals surface area (Å²) in [4.78, 5) is 12.6. The zero-order chi connectivity index (χ0) is 21.8. The van der Waals surface area contributed by atoms with Crippen molar-refractivity contribution in [3.8, 4) is 5.69 Å². The van der Waals surface area contributed by atoms with Gasteiger partial charge in [-0.05, 0) is 48.5 Å². The first-order chi connectivity index (χ1) is 14.9. The van der Waals surface area contributed by atoms with Gasteiger partial charge in [-0.3, -0.25) is 9.52 Å². The first-order valence-corrected chi connectivity index (χ1v) is 11.1. The molecule has 156 valence electrons. The average molecular weight is 453 g/mol. The molecule has 0 aliphatic heterocycles. The van der Waals surface area contributed by atoms with Crippen LogP contribution in [0.5, 0.6) is 0 Å². The number of nitrogens with one attached hydrogen (secondary N) is 2. The maximum atomic E-state index is 12.7. The molecule has 31 heavy (non-hydrogen) atoms. The Bertz CT molecular complexity index is 1340. The molecule has 0 saturated carbocycles. The Morgan fingerprint density at radius 3 is 2.45 bits per heavy atom. The normalized spacial score (nSPS) is 11.1. The van der Waals surface area contributed by atoms with E-state index in [4.69, 9.17) is 11.6 Å². The van der Waals surface area contributed by atoms with Crippen LogP contribution in [0, 0.1) is 0 Å². The zero-order valence-corrected chi connectivity index (χ0v) is 17.6. The molecule has 0 aliphatic rings. The van der Waals surface area contributed by atoms with Gasteiger partial charge < -0.3 is 5.32 Å². The van der Waals surface area contributed by atoms with E-state index in [1.165, 1.54) is 30.3 Å². The molecule has 0 radical (unpaired) electrons. The van der Waals surface area contributed by atoms with Crippen LogP contribution in [0.15, 0.2) is 96.0 Å². The highest BCUT2D eigenvalue weighted by molar-refractivity contribution is 7.92. The van der Waals surface area contributed by atoms with Gasteiger partial charge in [0.2, 0.25) is 0 Å². The minimum absolute atomic E-state index is 0.0464. The monoisotopic (exact) mass is 452 g/mol. The number of carbonyl (C=O) groups excluding carboxylic acids is 1. The molecule has 0 unspecified atom stereocenters. The molecule has 0 fully saturated rings. The summed E-state index contributed by atoms with van der Waals surface area (Å²) in [5, 5.41) is 7.41. The predicted molar refractivity (Wildman–Crippen MR) is 120 cm³/mol. The quantitative estimate of drug-likeness (QED) is 0.448. The number of benzene rings is 3. The third-order valence-corrected chi connectivity index (χ3v) is 5.95. The number of rotatable bonds is 6. The van der Waals surface area contributed by atoms with Crippen molar-refractivity contribution in [1.82, 2.24) is 9.78 Å². The van der Waals surface area contributed by atoms with Crippen molar-refractivity contribution < 1.29 is 13.2 Å². The van der Waals surface area contributed by atoms with E-state index >= 15 is 0 Å². The fourth-order valence-corrected chi connectivity index (χ4v) is 4.16. The van der Waals surface area contributed by atoms with E-state index in [2.05, 4.69) is 15.1 Å². The van der Waals surface area contributed by atoms with E-state index in [1.807, 2.05) is 30.3 Å². The molecule has 2 N–H and O–H groups in total. The van der Waals surface area contributed by atoms with Gasteiger partial charge in [-0.2, -0.15) is 5.10 Å². The fraction of sp³-hybridized carbons (Fsp3) is 0. The minimum Gasteiger partial charge on any atom is -0.305 e. The lowest BCUT2D eigenvalue weighted by atomic mass is 10.2. The highest BCUT2D eigenvalue weighted by Gasteiger charge is 2.17. The van der Waals surface area contributed by atoms with Gasteiger partial charge in [0.1, 0.15) is 0 Å². The number of aromatic nitrogens is 2. The second-order valence-electron chi connectivity index (χ2n) is 6.58. The van der Waals surface area contributed by atoms with Crippen LogP contribution >= 0.6 is 11.6 Å². The molecule has 0 saturated heterocycles. The number of sulfonamides is 1. The van der Waals surface area contributed by atoms with Crippen LogP contribution in [0.4, 0.5) is 11.5 Å². The van der Waals surface area contributed by atoms with Gasteiger partial charge >= 0.3 is 0 Å². The molecular formula is C22H17ClN4O3S. The van der Waals surface area contributed by atoms with Crippen LogP contribution in [0.2, 0.25) is 5.02 Å². The van der Waals surface area contributed by atoms with Gasteiger partial charge in [-0.1, -0.05) is 41.9 Å². The topological polar surface area (TPSA) is 93.1 Å². The maximum absolute atomic E-state index is 12.7. The van der Waals surface area contributed by atoms with Crippen molar-refractivity contribution in [2.24, 2.45) is 0 Å². The number of amides is 1. The van der Waals surface area contributed by atoms with Crippen LogP contribution in [-0.4, -0.2) is 24.1 Å². The lowest BCUT2D eigenvalue weighted by Crippen LogP contribution is -2.16. The third kappa shape index (κ3) is 4.93. The Morgan fingerprint density at radius 1 is 0.903 bits per heavy atom. The number of nitrogens with zero attached hydrogens (tertiary/aromatic N) is 2. The summed E-state index contributed by atoms with van der Waals surface area (Å²) in [7, 11) is -3.90. The number of anilines is 2. The highest BCUT2D eigenvalue weighted by atomic mass is 35.5. The Hall–Kier alpha value is -3.62. The first-order valence-electron chi connectivity index (χ1n) is 9.22. The first kappa shape index (κ1) is 20.6. The molecule has 4 aromatic rings. The lowest BCUT2D eigenvalue weighted by molar-refractivity contribution is 0.102. The number of para-hydroxylation sites is 1. The van der Waals surface area contributed by atoms with Gasteiger partial charge in [0.15, 0.2) is 5.82 Å². The summed E-state index contributed by atoms with van der Waals surface area (Å²) in [6.07, 6.45) is 1.72. The molecule has 1 aromatic heterocycles. The van der Waals surface area contributed by atoms with Gasteiger partial charge in [0.05, 0.1) is 16.3 Å². The summed E-state index contributed by atoms with van der Waals surface area (Å²) in [5.41, 5.74) is 1.36. The van der Waals surface area contributed by atoms with E-state index in [0.29, 0.717) is 16.5 Å². The maximum Gasteiger partial charge on any atom is 0.261 e. The van der Waals surface area contributed by atoms with Crippen molar-refractivity contribution in [3.05, 3.63) is 102 Å². The van der Waals surface area contributed by atoms with E-state index < -0.39 is 15.9 Å². The molecule has 3 aromatic carbocycles. The molecule has 1 amide bonds. The number of carbonyl (C=O) groups is 1. The molecular weight excluding hydrogens is 436 g/mol. The Balaban J connectivity index is 1.51. The van der Waals surface area contributed by atoms with E-state index in [0.717, 1.165) is 5.69 Å². The second kappa shape index (κ2) is 8.63. The number of hydrogen-bond donors (Lipinski definition) is 2. The second-order valence-corrected chi connectivity index (χ2v) is 8.70. The molecule has 0 bridgehead atoms. The summed E-state index contributed by atoms with van der Waals surface area (Å²) in [6, 6.07) is 23.2. The molecule has 0 atom stereocenters. The van der Waals surface area contributed by atoms with Gasteiger partial charge in [-0.25, -0.2) is 13.1 Å². The lowest BCUT2D eigenvalue weighted by Gasteiger charge is -2.10.